The fourth-order valence-corrected chi connectivity index (χ4v) is 7.75. The normalized spacial score (nSPS) is 23.6. The number of carbonyl (C=O) groups is 2. The van der Waals surface area contributed by atoms with E-state index in [-0.39, 0.29) is 33.0 Å². The van der Waals surface area contributed by atoms with E-state index >= 15 is 0 Å². The first-order valence-electron chi connectivity index (χ1n) is 11.3. The number of nitrogens with zero attached hydrogens (tertiary/aromatic N) is 1. The summed E-state index contributed by atoms with van der Waals surface area (Å²) in [5.41, 5.74) is -0.0390. The molecule has 2 unspecified atom stereocenters. The van der Waals surface area contributed by atoms with Crippen LogP contribution in [0, 0.1) is 16.6 Å². The predicted molar refractivity (Wildman–Crippen MR) is 133 cm³/mol. The largest absolute Gasteiger partial charge is 0.452 e. The summed E-state index contributed by atoms with van der Waals surface area (Å²) in [5, 5.41) is 2.33. The highest BCUT2D eigenvalue weighted by Gasteiger charge is 2.53. The number of hydrogen-bond donors (Lipinski definition) is 1. The van der Waals surface area contributed by atoms with Crippen LogP contribution in [-0.2, 0) is 19.6 Å². The molecule has 2 atom stereocenters. The summed E-state index contributed by atoms with van der Waals surface area (Å²) in [4.78, 5) is 24.7. The molecular formula is C25H28BrFN2O5S. The molecule has 2 aliphatic rings. The lowest BCUT2D eigenvalue weighted by atomic mass is 9.65. The molecule has 1 saturated heterocycles. The first-order chi connectivity index (χ1) is 16.3. The summed E-state index contributed by atoms with van der Waals surface area (Å²) in [5.74, 6) is -2.20. The molecule has 2 bridgehead atoms. The molecule has 35 heavy (non-hydrogen) atoms. The Labute approximate surface area is 213 Å². The highest BCUT2D eigenvalue weighted by molar-refractivity contribution is 9.10. The minimum atomic E-state index is -3.82. The van der Waals surface area contributed by atoms with Crippen LogP contribution in [-0.4, -0.2) is 43.8 Å². The van der Waals surface area contributed by atoms with E-state index < -0.39 is 34.3 Å². The number of esters is 1. The Kier molecular flexibility index (Phi) is 6.85. The fraction of sp³-hybridized carbons (Fsp3) is 0.440. The molecule has 1 saturated carbocycles. The van der Waals surface area contributed by atoms with Crippen molar-refractivity contribution in [3.63, 3.8) is 0 Å². The van der Waals surface area contributed by atoms with Gasteiger partial charge in [0.2, 0.25) is 10.0 Å². The molecule has 188 valence electrons. The van der Waals surface area contributed by atoms with Gasteiger partial charge in [-0.15, -0.1) is 0 Å². The Morgan fingerprint density at radius 2 is 1.91 bits per heavy atom. The van der Waals surface area contributed by atoms with Crippen LogP contribution < -0.4 is 5.32 Å². The summed E-state index contributed by atoms with van der Waals surface area (Å²) in [6.07, 6.45) is 2.57. The van der Waals surface area contributed by atoms with Crippen molar-refractivity contribution in [1.82, 2.24) is 4.31 Å². The topological polar surface area (TPSA) is 92.8 Å². The van der Waals surface area contributed by atoms with Gasteiger partial charge in [0.25, 0.3) is 5.91 Å². The summed E-state index contributed by atoms with van der Waals surface area (Å²) < 4.78 is 48.0. The fourth-order valence-electron chi connectivity index (χ4n) is 5.60. The van der Waals surface area contributed by atoms with Crippen LogP contribution in [0.1, 0.15) is 50.4 Å². The van der Waals surface area contributed by atoms with Crippen LogP contribution in [0.2, 0.25) is 0 Å². The number of amides is 1. The van der Waals surface area contributed by atoms with E-state index in [1.54, 1.807) is 10.4 Å². The molecular weight excluding hydrogens is 539 g/mol. The highest BCUT2D eigenvalue weighted by Crippen LogP contribution is 2.53. The lowest BCUT2D eigenvalue weighted by Crippen LogP contribution is -2.37. The minimum Gasteiger partial charge on any atom is -0.452 e. The van der Waals surface area contributed by atoms with Gasteiger partial charge in [-0.3, -0.25) is 4.79 Å². The summed E-state index contributed by atoms with van der Waals surface area (Å²) in [6, 6.07) is 9.71. The quantitative estimate of drug-likeness (QED) is 0.498. The first kappa shape index (κ1) is 25.8. The van der Waals surface area contributed by atoms with Gasteiger partial charge in [0, 0.05) is 17.1 Å². The van der Waals surface area contributed by atoms with Crippen LogP contribution in [0.25, 0.3) is 0 Å². The molecule has 1 amide bonds. The molecule has 0 aromatic heterocycles. The van der Waals surface area contributed by atoms with Gasteiger partial charge in [-0.2, -0.15) is 4.31 Å². The van der Waals surface area contributed by atoms with E-state index in [1.165, 1.54) is 36.4 Å². The molecule has 1 aliphatic heterocycles. The molecule has 4 rings (SSSR count). The van der Waals surface area contributed by atoms with E-state index in [1.807, 2.05) is 0 Å². The van der Waals surface area contributed by atoms with E-state index in [2.05, 4.69) is 42.0 Å². The number of carbonyl (C=O) groups excluding carboxylic acids is 2. The Bertz CT molecular complexity index is 1280. The number of anilines is 1. The number of hydrogen-bond acceptors (Lipinski definition) is 5. The minimum absolute atomic E-state index is 0.0160. The molecule has 1 aliphatic carbocycles. The van der Waals surface area contributed by atoms with Gasteiger partial charge in [0.05, 0.1) is 16.1 Å². The highest BCUT2D eigenvalue weighted by atomic mass is 79.9. The van der Waals surface area contributed by atoms with Crippen LogP contribution in [0.5, 0.6) is 0 Å². The molecule has 0 spiro atoms. The number of rotatable bonds is 6. The number of fused-ring (bicyclic) bond motifs is 2. The second-order valence-corrected chi connectivity index (χ2v) is 13.3. The molecule has 0 radical (unpaired) electrons. The van der Waals surface area contributed by atoms with Crippen molar-refractivity contribution in [2.45, 2.75) is 51.0 Å². The van der Waals surface area contributed by atoms with Gasteiger partial charge >= 0.3 is 5.97 Å². The monoisotopic (exact) mass is 566 g/mol. The average molecular weight is 567 g/mol. The van der Waals surface area contributed by atoms with Gasteiger partial charge in [-0.1, -0.05) is 42.8 Å². The number of benzene rings is 2. The number of nitrogens with one attached hydrogen (secondary N) is 1. The smallest absolute Gasteiger partial charge is 0.338 e. The molecule has 10 heteroatoms. The first-order valence-corrected chi connectivity index (χ1v) is 13.6. The Morgan fingerprint density at radius 1 is 1.17 bits per heavy atom. The zero-order valence-electron chi connectivity index (χ0n) is 19.8. The van der Waals surface area contributed by atoms with Crippen molar-refractivity contribution in [2.75, 3.05) is 18.5 Å². The Hall–Kier alpha value is -2.30. The lowest BCUT2D eigenvalue weighted by molar-refractivity contribution is -0.119. The lowest BCUT2D eigenvalue weighted by Gasteiger charge is -2.39. The molecule has 2 aromatic rings. The molecule has 7 nitrogen and oxygen atoms in total. The number of ether oxygens (including phenoxy) is 1. The summed E-state index contributed by atoms with van der Waals surface area (Å²) >= 11 is 3.13. The van der Waals surface area contributed by atoms with E-state index in [4.69, 9.17) is 4.74 Å². The second kappa shape index (κ2) is 9.29. The molecule has 2 fully saturated rings. The number of halogens is 2. The van der Waals surface area contributed by atoms with Gasteiger partial charge < -0.3 is 10.1 Å². The van der Waals surface area contributed by atoms with Crippen LogP contribution >= 0.6 is 15.9 Å². The third-order valence-electron chi connectivity index (χ3n) is 6.58. The zero-order valence-corrected chi connectivity index (χ0v) is 22.2. The van der Waals surface area contributed by atoms with Crippen molar-refractivity contribution < 1.29 is 27.1 Å². The maximum absolute atomic E-state index is 13.9. The average Bonchev–Trinajstić information content (AvgIpc) is 3.03. The van der Waals surface area contributed by atoms with Gasteiger partial charge in [-0.05, 0) is 66.5 Å². The maximum Gasteiger partial charge on any atom is 0.338 e. The van der Waals surface area contributed by atoms with Crippen molar-refractivity contribution >= 4 is 43.5 Å². The Balaban J connectivity index is 1.44. The van der Waals surface area contributed by atoms with Crippen LogP contribution in [0.3, 0.4) is 0 Å². The van der Waals surface area contributed by atoms with Gasteiger partial charge in [-0.25, -0.2) is 17.6 Å². The molecule has 1 heterocycles. The van der Waals surface area contributed by atoms with E-state index in [0.29, 0.717) is 11.0 Å². The second-order valence-electron chi connectivity index (χ2n) is 10.5. The summed E-state index contributed by atoms with van der Waals surface area (Å²) in [7, 11) is -3.82. The van der Waals surface area contributed by atoms with Crippen LogP contribution in [0.4, 0.5) is 10.1 Å². The van der Waals surface area contributed by atoms with E-state index in [9.17, 15) is 22.4 Å². The van der Waals surface area contributed by atoms with Gasteiger partial charge in [0.1, 0.15) is 5.82 Å². The van der Waals surface area contributed by atoms with Crippen molar-refractivity contribution in [3.8, 4) is 0 Å². The molecule has 2 aromatic carbocycles. The number of sulfonamides is 1. The SMILES string of the molecule is CC1(C)CC2CC(C)(CN2S(=O)(=O)c2cccc(C(=O)OCC(=O)Nc3ccc(Br)cc3F)c2)C1. The standard InChI is InChI=1S/C25H28BrFN2O5S/c1-24(2)11-18-12-25(3,14-24)15-29(18)35(32,33)19-6-4-5-16(9-19)23(31)34-13-22(30)28-21-8-7-17(26)10-20(21)27/h4-10,18H,11-15H2,1-3H3,(H,28,30). The third-order valence-corrected chi connectivity index (χ3v) is 8.97. The van der Waals surface area contributed by atoms with Crippen molar-refractivity contribution in [2.24, 2.45) is 10.8 Å². The van der Waals surface area contributed by atoms with Crippen molar-refractivity contribution in [1.29, 1.82) is 0 Å². The van der Waals surface area contributed by atoms with E-state index in [0.717, 1.165) is 19.3 Å². The van der Waals surface area contributed by atoms with Gasteiger partial charge in [0.15, 0.2) is 6.61 Å². The third kappa shape index (κ3) is 5.59. The molecule has 1 N–H and O–H groups in total. The predicted octanol–water partition coefficient (Wildman–Crippen LogP) is 4.97. The maximum atomic E-state index is 13.9. The summed E-state index contributed by atoms with van der Waals surface area (Å²) in [6.45, 7) is 6.28. The Morgan fingerprint density at radius 3 is 2.63 bits per heavy atom. The van der Waals surface area contributed by atoms with Crippen molar-refractivity contribution in [3.05, 3.63) is 58.3 Å². The van der Waals surface area contributed by atoms with Crippen LogP contribution in [0.15, 0.2) is 51.8 Å². The zero-order chi connectivity index (χ0) is 25.6.